The zero-order valence-corrected chi connectivity index (χ0v) is 14.7. The van der Waals surface area contributed by atoms with Gasteiger partial charge in [0.25, 0.3) is 5.91 Å². The van der Waals surface area contributed by atoms with Gasteiger partial charge < -0.3 is 15.5 Å². The van der Waals surface area contributed by atoms with Crippen LogP contribution in [0.15, 0.2) is 12.1 Å². The number of rotatable bonds is 5. The molecule has 6 nitrogen and oxygen atoms in total. The molecule has 2 N–H and O–H groups in total. The van der Waals surface area contributed by atoms with E-state index in [0.29, 0.717) is 17.6 Å². The number of halogens is 1. The maximum absolute atomic E-state index is 13.9. The highest BCUT2D eigenvalue weighted by Crippen LogP contribution is 2.19. The number of aromatic nitrogens is 2. The summed E-state index contributed by atoms with van der Waals surface area (Å²) < 4.78 is 13.9. The molecule has 2 heterocycles. The zero-order chi connectivity index (χ0) is 17.8. The molecule has 0 atom stereocenters. The van der Waals surface area contributed by atoms with Gasteiger partial charge in [-0.25, -0.2) is 14.4 Å². The fourth-order valence-electron chi connectivity index (χ4n) is 3.01. The first-order valence-electron chi connectivity index (χ1n) is 8.70. The Bertz CT molecular complexity index is 774. The number of nitrogens with zero attached hydrogens (tertiary/aromatic N) is 3. The first-order valence-corrected chi connectivity index (χ1v) is 8.70. The van der Waals surface area contributed by atoms with Gasteiger partial charge >= 0.3 is 0 Å². The summed E-state index contributed by atoms with van der Waals surface area (Å²) in [5.41, 5.74) is 2.58. The Morgan fingerprint density at radius 3 is 2.72 bits per heavy atom. The van der Waals surface area contributed by atoms with Gasteiger partial charge in [-0.05, 0) is 32.9 Å². The molecule has 1 aliphatic rings. The Morgan fingerprint density at radius 2 is 1.96 bits per heavy atom. The molecule has 7 heteroatoms. The summed E-state index contributed by atoms with van der Waals surface area (Å²) in [6.07, 6.45) is 0.864. The van der Waals surface area contributed by atoms with Crippen molar-refractivity contribution in [3.63, 3.8) is 0 Å². The smallest absolute Gasteiger partial charge is 0.253 e. The van der Waals surface area contributed by atoms with Gasteiger partial charge in [-0.1, -0.05) is 0 Å². The molecular formula is C18H24FN5O. The number of nitrogens with one attached hydrogen (secondary N) is 2. The molecule has 0 spiro atoms. The predicted molar refractivity (Wildman–Crippen MR) is 95.2 cm³/mol. The summed E-state index contributed by atoms with van der Waals surface area (Å²) >= 11 is 0. The van der Waals surface area contributed by atoms with Gasteiger partial charge in [-0.15, -0.1) is 0 Å². The Morgan fingerprint density at radius 1 is 1.24 bits per heavy atom. The highest BCUT2D eigenvalue weighted by atomic mass is 19.1. The lowest BCUT2D eigenvalue weighted by molar-refractivity contribution is 0.0952. The van der Waals surface area contributed by atoms with E-state index >= 15 is 0 Å². The van der Waals surface area contributed by atoms with Crippen molar-refractivity contribution in [1.29, 1.82) is 0 Å². The summed E-state index contributed by atoms with van der Waals surface area (Å²) in [5, 5.41) is 6.19. The van der Waals surface area contributed by atoms with Crippen molar-refractivity contribution in [2.75, 3.05) is 39.3 Å². The minimum Gasteiger partial charge on any atom is -0.352 e. The molecular weight excluding hydrogens is 321 g/mol. The Labute approximate surface area is 146 Å². The summed E-state index contributed by atoms with van der Waals surface area (Å²) in [4.78, 5) is 23.6. The van der Waals surface area contributed by atoms with Crippen LogP contribution in [0.1, 0.15) is 28.2 Å². The van der Waals surface area contributed by atoms with Crippen LogP contribution in [0.2, 0.25) is 0 Å². The fraction of sp³-hybridized carbons (Fsp3) is 0.500. The van der Waals surface area contributed by atoms with E-state index in [4.69, 9.17) is 0 Å². The standard InChI is InChI=1S/C18H24FN5O/c1-12-13(2)23-17-15(10-14(19)11-16(17)22-12)18(25)21-4-3-7-24-8-5-20-6-9-24/h10-11,20H,3-9H2,1-2H3,(H,21,25). The van der Waals surface area contributed by atoms with Gasteiger partial charge in [0.15, 0.2) is 0 Å². The van der Waals surface area contributed by atoms with Crippen LogP contribution in [0.25, 0.3) is 11.0 Å². The lowest BCUT2D eigenvalue weighted by Crippen LogP contribution is -2.44. The third-order valence-electron chi connectivity index (χ3n) is 4.54. The molecule has 1 fully saturated rings. The largest absolute Gasteiger partial charge is 0.352 e. The SMILES string of the molecule is Cc1nc2cc(F)cc(C(=O)NCCCN3CCNCC3)c2nc1C. The monoisotopic (exact) mass is 345 g/mol. The van der Waals surface area contributed by atoms with Crippen molar-refractivity contribution in [3.05, 3.63) is 34.9 Å². The second-order valence-electron chi connectivity index (χ2n) is 6.42. The second-order valence-corrected chi connectivity index (χ2v) is 6.42. The van der Waals surface area contributed by atoms with Crippen molar-refractivity contribution in [2.45, 2.75) is 20.3 Å². The average molecular weight is 345 g/mol. The van der Waals surface area contributed by atoms with E-state index in [1.807, 2.05) is 13.8 Å². The van der Waals surface area contributed by atoms with Gasteiger partial charge in [0.05, 0.1) is 22.5 Å². The molecule has 0 bridgehead atoms. The number of amides is 1. The minimum atomic E-state index is -0.476. The maximum Gasteiger partial charge on any atom is 0.253 e. The van der Waals surface area contributed by atoms with Crippen LogP contribution in [0.5, 0.6) is 0 Å². The molecule has 1 amide bonds. The van der Waals surface area contributed by atoms with E-state index in [1.165, 1.54) is 12.1 Å². The van der Waals surface area contributed by atoms with Crippen LogP contribution in [0.4, 0.5) is 4.39 Å². The topological polar surface area (TPSA) is 70.2 Å². The molecule has 134 valence electrons. The first-order chi connectivity index (χ1) is 12.0. The van der Waals surface area contributed by atoms with Crippen molar-refractivity contribution in [2.24, 2.45) is 0 Å². The number of carbonyl (C=O) groups excluding carboxylic acids is 1. The summed E-state index contributed by atoms with van der Waals surface area (Å²) in [6.45, 7) is 9.26. The molecule has 0 saturated carbocycles. The number of hydrogen-bond acceptors (Lipinski definition) is 5. The van der Waals surface area contributed by atoms with Gasteiger partial charge in [0.2, 0.25) is 0 Å². The van der Waals surface area contributed by atoms with E-state index in [1.54, 1.807) is 0 Å². The first kappa shape index (κ1) is 17.7. The number of piperazine rings is 1. The Kier molecular flexibility index (Phi) is 5.55. The maximum atomic E-state index is 13.9. The van der Waals surface area contributed by atoms with Crippen LogP contribution >= 0.6 is 0 Å². The Balaban J connectivity index is 1.66. The lowest BCUT2D eigenvalue weighted by atomic mass is 10.1. The van der Waals surface area contributed by atoms with Gasteiger partial charge in [-0.3, -0.25) is 4.79 Å². The van der Waals surface area contributed by atoms with Crippen LogP contribution in [0.3, 0.4) is 0 Å². The van der Waals surface area contributed by atoms with E-state index in [2.05, 4.69) is 25.5 Å². The summed E-state index contributed by atoms with van der Waals surface area (Å²) in [7, 11) is 0. The molecule has 1 saturated heterocycles. The van der Waals surface area contributed by atoms with E-state index in [-0.39, 0.29) is 11.5 Å². The zero-order valence-electron chi connectivity index (χ0n) is 14.7. The lowest BCUT2D eigenvalue weighted by Gasteiger charge is -2.27. The van der Waals surface area contributed by atoms with Gasteiger partial charge in [0, 0.05) is 38.8 Å². The number of hydrogen-bond donors (Lipinski definition) is 2. The molecule has 1 aromatic heterocycles. The Hall–Kier alpha value is -2.12. The third kappa shape index (κ3) is 4.29. The highest BCUT2D eigenvalue weighted by Gasteiger charge is 2.15. The summed E-state index contributed by atoms with van der Waals surface area (Å²) in [5.74, 6) is -0.779. The van der Waals surface area contributed by atoms with Crippen molar-refractivity contribution in [3.8, 4) is 0 Å². The predicted octanol–water partition coefficient (Wildman–Crippen LogP) is 1.41. The van der Waals surface area contributed by atoms with Crippen LogP contribution in [-0.4, -0.2) is 60.0 Å². The number of benzene rings is 1. The number of aryl methyl sites for hydroxylation is 2. The molecule has 3 rings (SSSR count). The molecule has 0 radical (unpaired) electrons. The van der Waals surface area contributed by atoms with Crippen molar-refractivity contribution >= 4 is 16.9 Å². The summed E-state index contributed by atoms with van der Waals surface area (Å²) in [6, 6.07) is 2.55. The average Bonchev–Trinajstić information content (AvgIpc) is 2.60. The van der Waals surface area contributed by atoms with Gasteiger partial charge in [-0.2, -0.15) is 0 Å². The number of carbonyl (C=O) groups is 1. The third-order valence-corrected chi connectivity index (χ3v) is 4.54. The fourth-order valence-corrected chi connectivity index (χ4v) is 3.01. The molecule has 0 aliphatic carbocycles. The van der Waals surface area contributed by atoms with E-state index in [9.17, 15) is 9.18 Å². The van der Waals surface area contributed by atoms with Crippen molar-refractivity contribution in [1.82, 2.24) is 25.5 Å². The van der Waals surface area contributed by atoms with Gasteiger partial charge in [0.1, 0.15) is 11.3 Å². The molecule has 1 aromatic carbocycles. The van der Waals surface area contributed by atoms with Crippen molar-refractivity contribution < 1.29 is 9.18 Å². The quantitative estimate of drug-likeness (QED) is 0.802. The van der Waals surface area contributed by atoms with Crippen LogP contribution in [-0.2, 0) is 0 Å². The molecule has 0 unspecified atom stereocenters. The molecule has 1 aliphatic heterocycles. The van der Waals surface area contributed by atoms with Crippen LogP contribution in [0, 0.1) is 19.7 Å². The minimum absolute atomic E-state index is 0.243. The number of fused-ring (bicyclic) bond motifs is 1. The molecule has 25 heavy (non-hydrogen) atoms. The second kappa shape index (κ2) is 7.84. The van der Waals surface area contributed by atoms with E-state index in [0.717, 1.165) is 50.5 Å². The van der Waals surface area contributed by atoms with Crippen LogP contribution < -0.4 is 10.6 Å². The highest BCUT2D eigenvalue weighted by molar-refractivity contribution is 6.04. The van der Waals surface area contributed by atoms with E-state index < -0.39 is 5.82 Å². The molecule has 2 aromatic rings. The normalized spacial score (nSPS) is 15.5.